The van der Waals surface area contributed by atoms with Crippen molar-refractivity contribution in [3.63, 3.8) is 0 Å². The highest BCUT2D eigenvalue weighted by molar-refractivity contribution is 9.11. The third kappa shape index (κ3) is 2.16. The number of aromatic nitrogens is 2. The van der Waals surface area contributed by atoms with E-state index in [1.165, 1.54) is 11.0 Å². The van der Waals surface area contributed by atoms with Crippen LogP contribution >= 0.6 is 31.9 Å². The number of benzene rings is 1. The highest BCUT2D eigenvalue weighted by Gasteiger charge is 2.03. The lowest BCUT2D eigenvalue weighted by atomic mass is 10.3. The third-order valence-electron chi connectivity index (χ3n) is 1.52. The molecule has 0 aliphatic rings. The van der Waals surface area contributed by atoms with Crippen LogP contribution in [-0.2, 0) is 0 Å². The monoisotopic (exact) mass is 315 g/mol. The van der Waals surface area contributed by atoms with Gasteiger partial charge in [-0.15, -0.1) is 5.10 Å². The molecule has 2 rings (SSSR count). The fourth-order valence-corrected chi connectivity index (χ4v) is 1.58. The van der Waals surface area contributed by atoms with Gasteiger partial charge in [-0.2, -0.15) is 0 Å². The molecule has 1 aromatic heterocycles. The van der Waals surface area contributed by atoms with Crippen molar-refractivity contribution in [2.75, 3.05) is 0 Å². The molecule has 71 valence electrons. The number of hydrogen-bond acceptors (Lipinski definition) is 2. The van der Waals surface area contributed by atoms with Crippen LogP contribution in [0.1, 0.15) is 0 Å². The summed E-state index contributed by atoms with van der Waals surface area (Å²) in [7, 11) is 0. The van der Waals surface area contributed by atoms with E-state index in [9.17, 15) is 0 Å². The Bertz CT molecular complexity index is 428. The van der Waals surface area contributed by atoms with Crippen molar-refractivity contribution in [3.05, 3.63) is 45.6 Å². The predicted octanol–water partition coefficient (Wildman–Crippen LogP) is 3.05. The number of rotatable bonds is 2. The molecule has 1 radical (unpaired) electrons. The Kier molecular flexibility index (Phi) is 2.88. The highest BCUT2D eigenvalue weighted by atomic mass is 79.9. The van der Waals surface area contributed by atoms with E-state index in [4.69, 9.17) is 4.84 Å². The average molecular weight is 317 g/mol. The SMILES string of the molecule is Brc1ccc(Br)c(On2c[c]cn2)c1. The first-order valence-corrected chi connectivity index (χ1v) is 5.38. The van der Waals surface area contributed by atoms with E-state index in [0.29, 0.717) is 5.75 Å². The standard InChI is InChI=1S/C9H5Br2N2O/c10-7-2-3-8(11)9(6-7)14-13-5-1-4-12-13/h2-6H. The molecule has 0 unspecified atom stereocenters. The molecule has 0 aliphatic heterocycles. The summed E-state index contributed by atoms with van der Waals surface area (Å²) in [4.78, 5) is 6.77. The van der Waals surface area contributed by atoms with Crippen molar-refractivity contribution >= 4 is 31.9 Å². The molecular weight excluding hydrogens is 312 g/mol. The zero-order chi connectivity index (χ0) is 9.97. The van der Waals surface area contributed by atoms with Crippen LogP contribution in [0.5, 0.6) is 5.75 Å². The normalized spacial score (nSPS) is 10.1. The Morgan fingerprint density at radius 2 is 2.21 bits per heavy atom. The molecule has 0 saturated carbocycles. The molecule has 1 heterocycles. The van der Waals surface area contributed by atoms with E-state index in [2.05, 4.69) is 43.0 Å². The van der Waals surface area contributed by atoms with Gasteiger partial charge < -0.3 is 4.84 Å². The van der Waals surface area contributed by atoms with E-state index in [0.717, 1.165) is 8.95 Å². The summed E-state index contributed by atoms with van der Waals surface area (Å²) in [6.07, 6.45) is 3.14. The second-order valence-electron chi connectivity index (χ2n) is 2.51. The van der Waals surface area contributed by atoms with Crippen LogP contribution in [0.25, 0.3) is 0 Å². The van der Waals surface area contributed by atoms with Crippen LogP contribution in [0.2, 0.25) is 0 Å². The minimum atomic E-state index is 0.691. The zero-order valence-corrected chi connectivity index (χ0v) is 10.1. The smallest absolute Gasteiger partial charge is 0.173 e. The first-order valence-electron chi connectivity index (χ1n) is 3.80. The van der Waals surface area contributed by atoms with Crippen LogP contribution in [0, 0.1) is 6.07 Å². The Labute approximate surface area is 97.9 Å². The summed E-state index contributed by atoms with van der Waals surface area (Å²) < 4.78 is 1.82. The molecule has 0 fully saturated rings. The van der Waals surface area contributed by atoms with Crippen molar-refractivity contribution in [2.24, 2.45) is 0 Å². The molecule has 0 saturated heterocycles. The fraction of sp³-hybridized carbons (Fsp3) is 0. The Morgan fingerprint density at radius 3 is 2.93 bits per heavy atom. The Balaban J connectivity index is 2.28. The van der Waals surface area contributed by atoms with Crippen LogP contribution < -0.4 is 4.84 Å². The number of halogens is 2. The second kappa shape index (κ2) is 4.14. The van der Waals surface area contributed by atoms with Gasteiger partial charge in [-0.25, -0.2) is 0 Å². The van der Waals surface area contributed by atoms with Gasteiger partial charge in [-0.3, -0.25) is 0 Å². The van der Waals surface area contributed by atoms with Crippen molar-refractivity contribution in [3.8, 4) is 5.75 Å². The Morgan fingerprint density at radius 1 is 1.36 bits per heavy atom. The molecule has 5 heteroatoms. The maximum absolute atomic E-state index is 5.43. The van der Waals surface area contributed by atoms with E-state index in [1.54, 1.807) is 6.20 Å². The van der Waals surface area contributed by atoms with Gasteiger partial charge in [0.15, 0.2) is 5.75 Å². The van der Waals surface area contributed by atoms with Gasteiger partial charge in [-0.05, 0) is 34.1 Å². The van der Waals surface area contributed by atoms with Gasteiger partial charge in [0, 0.05) is 10.5 Å². The average Bonchev–Trinajstić information content (AvgIpc) is 2.64. The highest BCUT2D eigenvalue weighted by Crippen LogP contribution is 2.28. The van der Waals surface area contributed by atoms with Crippen molar-refractivity contribution in [2.45, 2.75) is 0 Å². The Hall–Kier alpha value is -0.810. The molecule has 14 heavy (non-hydrogen) atoms. The maximum atomic E-state index is 5.43. The summed E-state index contributed by atoms with van der Waals surface area (Å²) >= 11 is 6.74. The summed E-state index contributed by atoms with van der Waals surface area (Å²) in [5.41, 5.74) is 0. The zero-order valence-electron chi connectivity index (χ0n) is 6.95. The first kappa shape index (κ1) is 9.73. The van der Waals surface area contributed by atoms with Gasteiger partial charge >= 0.3 is 0 Å². The van der Waals surface area contributed by atoms with Gasteiger partial charge in [-0.1, -0.05) is 20.8 Å². The lowest BCUT2D eigenvalue weighted by Gasteiger charge is -2.06. The second-order valence-corrected chi connectivity index (χ2v) is 4.28. The molecule has 3 nitrogen and oxygen atoms in total. The molecule has 0 spiro atoms. The van der Waals surface area contributed by atoms with Gasteiger partial charge in [0.25, 0.3) is 0 Å². The predicted molar refractivity (Wildman–Crippen MR) is 58.9 cm³/mol. The van der Waals surface area contributed by atoms with Crippen molar-refractivity contribution in [1.29, 1.82) is 0 Å². The maximum Gasteiger partial charge on any atom is 0.173 e. The summed E-state index contributed by atoms with van der Waals surface area (Å²) in [5, 5.41) is 3.89. The van der Waals surface area contributed by atoms with Crippen molar-refractivity contribution < 1.29 is 4.84 Å². The third-order valence-corrected chi connectivity index (χ3v) is 2.66. The van der Waals surface area contributed by atoms with E-state index in [1.807, 2.05) is 18.2 Å². The first-order chi connectivity index (χ1) is 6.75. The quantitative estimate of drug-likeness (QED) is 0.851. The van der Waals surface area contributed by atoms with E-state index < -0.39 is 0 Å². The molecule has 0 N–H and O–H groups in total. The van der Waals surface area contributed by atoms with Crippen LogP contribution in [0.15, 0.2) is 39.5 Å². The van der Waals surface area contributed by atoms with Gasteiger partial charge in [0.2, 0.25) is 0 Å². The van der Waals surface area contributed by atoms with Crippen molar-refractivity contribution in [1.82, 2.24) is 9.94 Å². The van der Waals surface area contributed by atoms with Crippen LogP contribution in [0.3, 0.4) is 0 Å². The summed E-state index contributed by atoms with van der Waals surface area (Å²) in [6.45, 7) is 0. The topological polar surface area (TPSA) is 27.1 Å². The number of hydrogen-bond donors (Lipinski definition) is 0. The summed E-state index contributed by atoms with van der Waals surface area (Å²) in [5.74, 6) is 0.691. The molecule has 0 atom stereocenters. The van der Waals surface area contributed by atoms with Crippen LogP contribution in [-0.4, -0.2) is 9.94 Å². The largest absolute Gasteiger partial charge is 0.357 e. The molecule has 0 amide bonds. The van der Waals surface area contributed by atoms with Crippen LogP contribution in [0.4, 0.5) is 0 Å². The number of nitrogens with zero attached hydrogens (tertiary/aromatic N) is 2. The van der Waals surface area contributed by atoms with E-state index >= 15 is 0 Å². The molecule has 2 aromatic rings. The molecule has 1 aromatic carbocycles. The lowest BCUT2D eigenvalue weighted by molar-refractivity contribution is 0.177. The van der Waals surface area contributed by atoms with E-state index in [-0.39, 0.29) is 0 Å². The molecule has 0 aliphatic carbocycles. The van der Waals surface area contributed by atoms with Gasteiger partial charge in [0.1, 0.15) is 0 Å². The minimum absolute atomic E-state index is 0.691. The minimum Gasteiger partial charge on any atom is -0.357 e. The van der Waals surface area contributed by atoms with Gasteiger partial charge in [0.05, 0.1) is 16.9 Å². The fourth-order valence-electron chi connectivity index (χ4n) is 0.919. The lowest BCUT2D eigenvalue weighted by Crippen LogP contribution is -2.05. The molecule has 0 bridgehead atoms. The molecular formula is C9H5Br2N2O. The summed E-state index contributed by atoms with van der Waals surface area (Å²) in [6, 6.07) is 8.46.